The van der Waals surface area contributed by atoms with Crippen molar-refractivity contribution in [3.05, 3.63) is 11.1 Å². The van der Waals surface area contributed by atoms with Crippen LogP contribution in [-0.2, 0) is 14.3 Å². The van der Waals surface area contributed by atoms with E-state index in [-0.39, 0.29) is 5.38 Å². The maximum atomic E-state index is 11.1. The number of carbonyl (C=O) groups excluding carboxylic acids is 2. The molecule has 3 unspecified atom stereocenters. The van der Waals surface area contributed by atoms with Gasteiger partial charge in [-0.3, -0.25) is 9.59 Å². The fraction of sp³-hybridized carbons (Fsp3) is 0.500. The van der Waals surface area contributed by atoms with E-state index in [1.165, 1.54) is 6.08 Å². The molecule has 13 heavy (non-hydrogen) atoms. The van der Waals surface area contributed by atoms with Crippen molar-refractivity contribution in [1.29, 1.82) is 0 Å². The van der Waals surface area contributed by atoms with E-state index in [2.05, 4.69) is 4.74 Å². The van der Waals surface area contributed by atoms with Gasteiger partial charge in [0.15, 0.2) is 0 Å². The van der Waals surface area contributed by atoms with Crippen molar-refractivity contribution >= 4 is 35.1 Å². The molecule has 0 aromatic heterocycles. The molecule has 3 nitrogen and oxygen atoms in total. The van der Waals surface area contributed by atoms with Crippen molar-refractivity contribution in [2.45, 2.75) is 11.8 Å². The number of halogens is 2. The summed E-state index contributed by atoms with van der Waals surface area (Å²) in [5, 5.41) is 0.0518. The summed E-state index contributed by atoms with van der Waals surface area (Å²) in [4.78, 5) is 22.2. The summed E-state index contributed by atoms with van der Waals surface area (Å²) in [6, 6.07) is 0. The van der Waals surface area contributed by atoms with E-state index in [9.17, 15) is 9.59 Å². The van der Waals surface area contributed by atoms with Crippen molar-refractivity contribution in [2.75, 3.05) is 0 Å². The Morgan fingerprint density at radius 3 is 2.77 bits per heavy atom. The van der Waals surface area contributed by atoms with Crippen LogP contribution in [0.1, 0.15) is 6.42 Å². The zero-order chi connectivity index (χ0) is 9.59. The number of fused-ring (bicyclic) bond motifs is 1. The summed E-state index contributed by atoms with van der Waals surface area (Å²) in [7, 11) is 0. The molecule has 1 heterocycles. The van der Waals surface area contributed by atoms with Crippen LogP contribution in [0, 0.1) is 11.8 Å². The average molecular weight is 221 g/mol. The van der Waals surface area contributed by atoms with Gasteiger partial charge >= 0.3 is 11.9 Å². The van der Waals surface area contributed by atoms with Gasteiger partial charge in [0.1, 0.15) is 0 Å². The Bertz CT molecular complexity index is 311. The monoisotopic (exact) mass is 220 g/mol. The molecule has 0 aromatic rings. The molecule has 2 aliphatic rings. The van der Waals surface area contributed by atoms with E-state index in [1.807, 2.05) is 0 Å². The summed E-state index contributed by atoms with van der Waals surface area (Å²) in [5.41, 5.74) is 0. The van der Waals surface area contributed by atoms with Crippen molar-refractivity contribution in [1.82, 2.24) is 0 Å². The van der Waals surface area contributed by atoms with Gasteiger partial charge < -0.3 is 4.74 Å². The van der Waals surface area contributed by atoms with Crippen LogP contribution < -0.4 is 0 Å². The Morgan fingerprint density at radius 1 is 1.38 bits per heavy atom. The van der Waals surface area contributed by atoms with Crippen molar-refractivity contribution < 1.29 is 14.3 Å². The van der Waals surface area contributed by atoms with Gasteiger partial charge in [-0.1, -0.05) is 17.7 Å². The third-order valence-corrected chi connectivity index (χ3v) is 3.22. The predicted octanol–water partition coefficient (Wildman–Crippen LogP) is 1.44. The summed E-state index contributed by atoms with van der Waals surface area (Å²) in [6.45, 7) is 0. The van der Waals surface area contributed by atoms with Gasteiger partial charge in [-0.15, -0.1) is 11.6 Å². The van der Waals surface area contributed by atoms with E-state index in [1.54, 1.807) is 0 Å². The number of allylic oxidation sites excluding steroid dienone is 1. The topological polar surface area (TPSA) is 43.4 Å². The van der Waals surface area contributed by atoms with E-state index in [0.29, 0.717) is 11.5 Å². The molecular weight excluding hydrogens is 215 g/mol. The van der Waals surface area contributed by atoms with Crippen LogP contribution in [0.2, 0.25) is 0 Å². The first-order valence-corrected chi connectivity index (χ1v) is 4.68. The zero-order valence-corrected chi connectivity index (χ0v) is 8.01. The standard InChI is InChI=1S/C8H6Cl2O3/c9-5-1-3-4(2-6(5)10)8(12)13-7(3)11/h1,3-4,6H,2H2. The maximum absolute atomic E-state index is 11.1. The average Bonchev–Trinajstić information content (AvgIpc) is 2.31. The normalized spacial score (nSPS) is 38.3. The summed E-state index contributed by atoms with van der Waals surface area (Å²) in [6.07, 6.45) is 1.90. The lowest BCUT2D eigenvalue weighted by Crippen LogP contribution is -2.25. The molecule has 3 atom stereocenters. The third kappa shape index (κ3) is 1.36. The first-order chi connectivity index (χ1) is 6.09. The second-order valence-electron chi connectivity index (χ2n) is 3.13. The lowest BCUT2D eigenvalue weighted by Gasteiger charge is -2.20. The molecule has 1 aliphatic heterocycles. The number of ether oxygens (including phenoxy) is 1. The quantitative estimate of drug-likeness (QED) is 0.353. The van der Waals surface area contributed by atoms with Crippen LogP contribution in [-0.4, -0.2) is 17.3 Å². The van der Waals surface area contributed by atoms with Gasteiger partial charge in [0.05, 0.1) is 17.2 Å². The summed E-state index contributed by atoms with van der Waals surface area (Å²) in [5.74, 6) is -1.95. The molecule has 5 heteroatoms. The zero-order valence-electron chi connectivity index (χ0n) is 6.50. The van der Waals surface area contributed by atoms with Crippen LogP contribution >= 0.6 is 23.2 Å². The second kappa shape index (κ2) is 3.00. The number of rotatable bonds is 0. The molecule has 1 fully saturated rings. The number of hydrogen-bond acceptors (Lipinski definition) is 3. The van der Waals surface area contributed by atoms with Crippen molar-refractivity contribution in [3.8, 4) is 0 Å². The summed E-state index contributed by atoms with van der Waals surface area (Å²) >= 11 is 11.6. The molecule has 0 saturated carbocycles. The third-order valence-electron chi connectivity index (χ3n) is 2.31. The minimum atomic E-state index is -0.519. The SMILES string of the molecule is O=C1OC(=O)C2CC(Cl)C(Cl)=CC12. The molecule has 1 aliphatic carbocycles. The molecular formula is C8H6Cl2O3. The molecule has 2 rings (SSSR count). The highest BCUT2D eigenvalue weighted by Crippen LogP contribution is 2.38. The van der Waals surface area contributed by atoms with Crippen LogP contribution in [0.25, 0.3) is 0 Å². The van der Waals surface area contributed by atoms with Crippen molar-refractivity contribution in [3.63, 3.8) is 0 Å². The van der Waals surface area contributed by atoms with Gasteiger partial charge in [-0.05, 0) is 6.42 Å². The largest absolute Gasteiger partial charge is 0.392 e. The van der Waals surface area contributed by atoms with Gasteiger partial charge in [-0.25, -0.2) is 0 Å². The first kappa shape index (κ1) is 9.03. The van der Waals surface area contributed by atoms with E-state index in [0.717, 1.165) is 0 Å². The number of esters is 2. The van der Waals surface area contributed by atoms with E-state index in [4.69, 9.17) is 23.2 Å². The fourth-order valence-corrected chi connectivity index (χ4v) is 2.08. The molecule has 70 valence electrons. The number of hydrogen-bond donors (Lipinski definition) is 0. The highest BCUT2D eigenvalue weighted by molar-refractivity contribution is 6.37. The first-order valence-electron chi connectivity index (χ1n) is 3.86. The molecule has 0 bridgehead atoms. The Labute approximate surface area is 84.6 Å². The van der Waals surface area contributed by atoms with Gasteiger partial charge in [-0.2, -0.15) is 0 Å². The molecule has 0 aromatic carbocycles. The second-order valence-corrected chi connectivity index (χ2v) is 4.09. The number of alkyl halides is 1. The van der Waals surface area contributed by atoms with Crippen LogP contribution in [0.5, 0.6) is 0 Å². The fourth-order valence-electron chi connectivity index (χ4n) is 1.59. The molecule has 0 amide bonds. The van der Waals surface area contributed by atoms with E-state index >= 15 is 0 Å². The molecule has 1 saturated heterocycles. The van der Waals surface area contributed by atoms with Gasteiger partial charge in [0.25, 0.3) is 0 Å². The Balaban J connectivity index is 2.34. The van der Waals surface area contributed by atoms with Crippen LogP contribution in [0.3, 0.4) is 0 Å². The van der Waals surface area contributed by atoms with Crippen LogP contribution in [0.15, 0.2) is 11.1 Å². The minimum absolute atomic E-state index is 0.374. The Kier molecular flexibility index (Phi) is 2.08. The lowest BCUT2D eigenvalue weighted by molar-refractivity contribution is -0.153. The van der Waals surface area contributed by atoms with Gasteiger partial charge in [0.2, 0.25) is 0 Å². The number of cyclic esters (lactones) is 2. The predicted molar refractivity (Wildman–Crippen MR) is 46.3 cm³/mol. The Morgan fingerprint density at radius 2 is 2.08 bits per heavy atom. The minimum Gasteiger partial charge on any atom is -0.392 e. The smallest absolute Gasteiger partial charge is 0.321 e. The lowest BCUT2D eigenvalue weighted by atomic mass is 9.86. The highest BCUT2D eigenvalue weighted by Gasteiger charge is 2.46. The maximum Gasteiger partial charge on any atom is 0.321 e. The van der Waals surface area contributed by atoms with E-state index < -0.39 is 23.8 Å². The highest BCUT2D eigenvalue weighted by atomic mass is 35.5. The molecule has 0 N–H and O–H groups in total. The van der Waals surface area contributed by atoms with Gasteiger partial charge in [0, 0.05) is 5.03 Å². The van der Waals surface area contributed by atoms with Crippen molar-refractivity contribution in [2.24, 2.45) is 11.8 Å². The summed E-state index contributed by atoms with van der Waals surface area (Å²) < 4.78 is 4.47. The number of carbonyl (C=O) groups is 2. The van der Waals surface area contributed by atoms with Crippen LogP contribution in [0.4, 0.5) is 0 Å². The molecule has 0 radical (unpaired) electrons. The Hall–Kier alpha value is -0.540. The molecule has 0 spiro atoms.